The molecule has 0 aliphatic heterocycles. The van der Waals surface area contributed by atoms with Gasteiger partial charge in [-0.2, -0.15) is 0 Å². The first-order valence-corrected chi connectivity index (χ1v) is 4.07. The van der Waals surface area contributed by atoms with Crippen LogP contribution in [0.25, 0.3) is 0 Å². The second kappa shape index (κ2) is 41.6. The minimum absolute atomic E-state index is 0. The Bertz CT molecular complexity index is 33.5. The van der Waals surface area contributed by atoms with Crippen LogP contribution in [0.1, 0.15) is 33.6 Å². The number of hydrogen-bond acceptors (Lipinski definition) is 3. The molecular weight excluding hydrogens is 192 g/mol. The number of unbranched alkanes of at least 4 members (excludes halogenated alkanes) is 1. The van der Waals surface area contributed by atoms with Crippen molar-refractivity contribution in [3.8, 4) is 0 Å². The molecule has 0 amide bonds. The number of rotatable bonds is 2. The Balaban J connectivity index is -0.0000000406. The molecule has 0 aliphatic carbocycles. The van der Waals surface area contributed by atoms with E-state index < -0.39 is 0 Å². The molecule has 0 unspecified atom stereocenters. The Morgan fingerprint density at radius 1 is 0.833 bits per heavy atom. The number of aliphatic hydroxyl groups is 3. The average Bonchev–Trinajstić information content (AvgIpc) is 1.92. The quantitative estimate of drug-likeness (QED) is 0.595. The monoisotopic (exact) mass is 214 g/mol. The van der Waals surface area contributed by atoms with Crippen LogP contribution in [-0.2, 0) is 21.7 Å². The van der Waals surface area contributed by atoms with Crippen LogP contribution in [0.4, 0.5) is 0 Å². The third-order valence-electron chi connectivity index (χ3n) is 0.512. The summed E-state index contributed by atoms with van der Waals surface area (Å²) in [5.41, 5.74) is 0. The summed E-state index contributed by atoms with van der Waals surface area (Å²) in [6.07, 6.45) is 2.04. The van der Waals surface area contributed by atoms with Gasteiger partial charge in [0.25, 0.3) is 0 Å². The van der Waals surface area contributed by atoms with E-state index >= 15 is 0 Å². The Morgan fingerprint density at radius 2 is 1.08 bits per heavy atom. The van der Waals surface area contributed by atoms with Gasteiger partial charge in [0.05, 0.1) is 0 Å². The molecule has 0 bridgehead atoms. The predicted molar refractivity (Wildman–Crippen MR) is 47.5 cm³/mol. The van der Waals surface area contributed by atoms with Crippen molar-refractivity contribution in [1.82, 2.24) is 0 Å². The van der Waals surface area contributed by atoms with Crippen LogP contribution in [0.2, 0.25) is 0 Å². The van der Waals surface area contributed by atoms with E-state index in [1.54, 1.807) is 13.8 Å². The number of aliphatic hydroxyl groups excluding tert-OH is 3. The van der Waals surface area contributed by atoms with Crippen molar-refractivity contribution in [3.05, 3.63) is 0 Å². The first kappa shape index (κ1) is 22.9. The minimum atomic E-state index is 0. The summed E-state index contributed by atoms with van der Waals surface area (Å²) in [6.45, 7) is 6.26. The van der Waals surface area contributed by atoms with Crippen LogP contribution in [0.15, 0.2) is 0 Å². The summed E-state index contributed by atoms with van der Waals surface area (Å²) >= 11 is 0. The molecular formula is C8H22O3Ti. The predicted octanol–water partition coefficient (Wildman–Crippen LogP) is 0.774. The third kappa shape index (κ3) is 145. The van der Waals surface area contributed by atoms with E-state index in [4.69, 9.17) is 15.3 Å². The largest absolute Gasteiger partial charge is 0.397 e. The Hall–Kier alpha value is 0.594. The van der Waals surface area contributed by atoms with Gasteiger partial charge in [-0.05, 0) is 20.3 Å². The summed E-state index contributed by atoms with van der Waals surface area (Å²) < 4.78 is 0. The topological polar surface area (TPSA) is 60.7 Å². The summed E-state index contributed by atoms with van der Waals surface area (Å²) in [5, 5.41) is 23.2. The standard InChI is InChI=1S/C4H10O.2C2H6O.Ti/c1-2-3-4-5;2*1-2-3;/h5H,2-4H2,1H3;2*3H,2H2,1H3;. The Labute approximate surface area is 90.7 Å². The van der Waals surface area contributed by atoms with Crippen molar-refractivity contribution >= 4 is 0 Å². The third-order valence-corrected chi connectivity index (χ3v) is 0.512. The molecule has 0 spiro atoms. The fourth-order valence-electron chi connectivity index (χ4n) is 0.158. The van der Waals surface area contributed by atoms with Gasteiger partial charge in [-0.3, -0.25) is 0 Å². The molecule has 0 rings (SSSR count). The molecule has 0 saturated heterocycles. The molecule has 0 aliphatic rings. The molecule has 0 radical (unpaired) electrons. The van der Waals surface area contributed by atoms with Crippen LogP contribution in [-0.4, -0.2) is 35.1 Å². The maximum Gasteiger partial charge on any atom is 0.0430 e. The van der Waals surface area contributed by atoms with Gasteiger partial charge in [-0.25, -0.2) is 0 Å². The van der Waals surface area contributed by atoms with E-state index in [9.17, 15) is 0 Å². The summed E-state index contributed by atoms with van der Waals surface area (Å²) in [5.74, 6) is 0. The first-order valence-electron chi connectivity index (χ1n) is 4.07. The molecule has 0 atom stereocenters. The molecule has 0 heterocycles. The molecule has 3 nitrogen and oxygen atoms in total. The zero-order valence-corrected chi connectivity index (χ0v) is 9.94. The minimum Gasteiger partial charge on any atom is -0.397 e. The van der Waals surface area contributed by atoms with Crippen molar-refractivity contribution in [3.63, 3.8) is 0 Å². The second-order valence-electron chi connectivity index (χ2n) is 1.71. The number of hydrogen-bond donors (Lipinski definition) is 3. The van der Waals surface area contributed by atoms with Gasteiger partial charge < -0.3 is 15.3 Å². The molecule has 12 heavy (non-hydrogen) atoms. The van der Waals surface area contributed by atoms with Gasteiger partial charge in [-0.1, -0.05) is 13.3 Å². The smallest absolute Gasteiger partial charge is 0.0430 e. The molecule has 0 fully saturated rings. The van der Waals surface area contributed by atoms with Crippen molar-refractivity contribution in [1.29, 1.82) is 0 Å². The van der Waals surface area contributed by atoms with Crippen LogP contribution >= 0.6 is 0 Å². The van der Waals surface area contributed by atoms with E-state index in [1.165, 1.54) is 0 Å². The van der Waals surface area contributed by atoms with Gasteiger partial charge in [0.2, 0.25) is 0 Å². The van der Waals surface area contributed by atoms with Gasteiger partial charge in [0, 0.05) is 41.5 Å². The molecule has 4 heteroatoms. The normalized spacial score (nSPS) is 6.50. The van der Waals surface area contributed by atoms with Crippen molar-refractivity contribution in [2.75, 3.05) is 19.8 Å². The molecule has 76 valence electrons. The Morgan fingerprint density at radius 3 is 1.08 bits per heavy atom. The second-order valence-corrected chi connectivity index (χ2v) is 1.71. The van der Waals surface area contributed by atoms with E-state index in [2.05, 4.69) is 6.92 Å². The van der Waals surface area contributed by atoms with E-state index in [1.807, 2.05) is 0 Å². The van der Waals surface area contributed by atoms with Gasteiger partial charge >= 0.3 is 0 Å². The summed E-state index contributed by atoms with van der Waals surface area (Å²) in [4.78, 5) is 0. The van der Waals surface area contributed by atoms with Crippen molar-refractivity contribution in [2.24, 2.45) is 0 Å². The zero-order chi connectivity index (χ0) is 9.54. The van der Waals surface area contributed by atoms with Gasteiger partial charge in [0.15, 0.2) is 0 Å². The summed E-state index contributed by atoms with van der Waals surface area (Å²) in [6, 6.07) is 0. The molecule has 0 aromatic heterocycles. The van der Waals surface area contributed by atoms with Crippen molar-refractivity contribution in [2.45, 2.75) is 33.6 Å². The maximum absolute atomic E-state index is 8.07. The van der Waals surface area contributed by atoms with Gasteiger partial charge in [-0.15, -0.1) is 0 Å². The Kier molecular flexibility index (Phi) is 79.4. The van der Waals surface area contributed by atoms with Crippen LogP contribution in [0, 0.1) is 0 Å². The van der Waals surface area contributed by atoms with Crippen LogP contribution in [0.3, 0.4) is 0 Å². The van der Waals surface area contributed by atoms with Crippen molar-refractivity contribution < 1.29 is 37.0 Å². The van der Waals surface area contributed by atoms with Crippen LogP contribution in [0.5, 0.6) is 0 Å². The van der Waals surface area contributed by atoms with E-state index in [0.29, 0.717) is 6.61 Å². The molecule has 0 aromatic carbocycles. The van der Waals surface area contributed by atoms with E-state index in [-0.39, 0.29) is 34.9 Å². The molecule has 0 saturated carbocycles. The SMILES string of the molecule is CCCCO.CCO.CCO.[Ti]. The van der Waals surface area contributed by atoms with E-state index in [0.717, 1.165) is 12.8 Å². The fraction of sp³-hybridized carbons (Fsp3) is 1.00. The molecule has 3 N–H and O–H groups in total. The first-order chi connectivity index (χ1) is 5.24. The maximum atomic E-state index is 8.07. The molecule has 0 aromatic rings. The fourth-order valence-corrected chi connectivity index (χ4v) is 0.158. The average molecular weight is 214 g/mol. The van der Waals surface area contributed by atoms with Gasteiger partial charge in [0.1, 0.15) is 0 Å². The van der Waals surface area contributed by atoms with Crippen LogP contribution < -0.4 is 0 Å². The summed E-state index contributed by atoms with van der Waals surface area (Å²) in [7, 11) is 0. The zero-order valence-electron chi connectivity index (χ0n) is 8.38.